The number of carboxylic acids is 1. The molecule has 2 N–H and O–H groups in total. The molecule has 0 fully saturated rings. The molecule has 0 aliphatic heterocycles. The molecule has 7 nitrogen and oxygen atoms in total. The average molecular weight is 280 g/mol. The summed E-state index contributed by atoms with van der Waals surface area (Å²) in [6.45, 7) is 4.61. The van der Waals surface area contributed by atoms with Crippen molar-refractivity contribution < 1.29 is 23.1 Å². The van der Waals surface area contributed by atoms with Gasteiger partial charge in [-0.25, -0.2) is 13.1 Å². The van der Waals surface area contributed by atoms with Crippen molar-refractivity contribution in [3.8, 4) is 0 Å². The summed E-state index contributed by atoms with van der Waals surface area (Å²) in [5.41, 5.74) is -0.660. The van der Waals surface area contributed by atoms with Gasteiger partial charge in [-0.05, 0) is 5.41 Å². The predicted molar refractivity (Wildman–Crippen MR) is 66.5 cm³/mol. The smallest absolute Gasteiger partial charge is 0.323 e. The second kappa shape index (κ2) is 5.66. The first-order chi connectivity index (χ1) is 7.84. The molecule has 0 aromatic rings. The maximum atomic E-state index is 12.0. The van der Waals surface area contributed by atoms with Crippen LogP contribution in [0.15, 0.2) is 0 Å². The highest BCUT2D eigenvalue weighted by atomic mass is 32.2. The molecule has 0 aromatic carbocycles. The van der Waals surface area contributed by atoms with Crippen LogP contribution in [-0.4, -0.2) is 56.2 Å². The van der Waals surface area contributed by atoms with Crippen molar-refractivity contribution in [1.29, 1.82) is 0 Å². The van der Waals surface area contributed by atoms with Gasteiger partial charge in [0.25, 0.3) is 0 Å². The summed E-state index contributed by atoms with van der Waals surface area (Å²) in [4.78, 5) is 23.6. The van der Waals surface area contributed by atoms with E-state index >= 15 is 0 Å². The average Bonchev–Trinajstić information content (AvgIpc) is 2.08. The lowest BCUT2D eigenvalue weighted by molar-refractivity contribution is -0.145. The standard InChI is InChI=1S/C10H20N2O5S/c1-10(2,3)8(11-18(5,16)17)9(15)12(4)6-7(13)14/h8,11H,6H2,1-5H3,(H,13,14). The number of sulfonamides is 1. The van der Waals surface area contributed by atoms with E-state index in [-0.39, 0.29) is 0 Å². The van der Waals surface area contributed by atoms with Crippen LogP contribution in [-0.2, 0) is 19.6 Å². The highest BCUT2D eigenvalue weighted by Gasteiger charge is 2.35. The minimum atomic E-state index is -3.56. The highest BCUT2D eigenvalue weighted by Crippen LogP contribution is 2.21. The van der Waals surface area contributed by atoms with Crippen LogP contribution >= 0.6 is 0 Å². The van der Waals surface area contributed by atoms with Crippen molar-refractivity contribution in [2.45, 2.75) is 26.8 Å². The minimum absolute atomic E-state index is 0.475. The van der Waals surface area contributed by atoms with Crippen molar-refractivity contribution in [2.75, 3.05) is 19.8 Å². The third-order valence-electron chi connectivity index (χ3n) is 2.19. The summed E-state index contributed by atoms with van der Waals surface area (Å²) in [7, 11) is -2.24. The summed E-state index contributed by atoms with van der Waals surface area (Å²) in [6, 6.07) is -1.00. The van der Waals surface area contributed by atoms with E-state index in [2.05, 4.69) is 4.72 Å². The predicted octanol–water partition coefficient (Wildman–Crippen LogP) is -0.507. The zero-order valence-electron chi connectivity index (χ0n) is 11.2. The van der Waals surface area contributed by atoms with E-state index < -0.39 is 39.9 Å². The van der Waals surface area contributed by atoms with Gasteiger partial charge in [-0.2, -0.15) is 0 Å². The fourth-order valence-electron chi connectivity index (χ4n) is 1.31. The van der Waals surface area contributed by atoms with E-state index in [9.17, 15) is 18.0 Å². The molecule has 1 amide bonds. The van der Waals surface area contributed by atoms with Gasteiger partial charge in [-0.3, -0.25) is 9.59 Å². The third kappa shape index (κ3) is 5.97. The molecule has 0 aliphatic carbocycles. The zero-order chi connectivity index (χ0) is 14.7. The molecule has 0 saturated heterocycles. The van der Waals surface area contributed by atoms with E-state index in [1.165, 1.54) is 7.05 Å². The first-order valence-corrected chi connectivity index (χ1v) is 7.18. The van der Waals surface area contributed by atoms with Gasteiger partial charge < -0.3 is 10.0 Å². The van der Waals surface area contributed by atoms with Crippen LogP contribution in [0.3, 0.4) is 0 Å². The van der Waals surface area contributed by atoms with Gasteiger partial charge in [0.2, 0.25) is 15.9 Å². The fraction of sp³-hybridized carbons (Fsp3) is 0.800. The molecule has 0 aromatic heterocycles. The number of nitrogens with zero attached hydrogens (tertiary/aromatic N) is 1. The van der Waals surface area contributed by atoms with Gasteiger partial charge in [-0.15, -0.1) is 0 Å². The van der Waals surface area contributed by atoms with Crippen LogP contribution < -0.4 is 4.72 Å². The molecule has 0 radical (unpaired) electrons. The van der Waals surface area contributed by atoms with E-state index in [0.717, 1.165) is 11.2 Å². The summed E-state index contributed by atoms with van der Waals surface area (Å²) in [5.74, 6) is -1.73. The maximum absolute atomic E-state index is 12.0. The largest absolute Gasteiger partial charge is 0.480 e. The molecule has 0 bridgehead atoms. The number of carboxylic acid groups (broad SMARTS) is 1. The van der Waals surface area contributed by atoms with E-state index in [4.69, 9.17) is 5.11 Å². The molecule has 0 rings (SSSR count). The Bertz CT molecular complexity index is 424. The van der Waals surface area contributed by atoms with Gasteiger partial charge in [0, 0.05) is 7.05 Å². The normalized spacial score (nSPS) is 14.1. The van der Waals surface area contributed by atoms with E-state index in [0.29, 0.717) is 0 Å². The number of likely N-dealkylation sites (N-methyl/N-ethyl adjacent to an activating group) is 1. The zero-order valence-corrected chi connectivity index (χ0v) is 12.0. The van der Waals surface area contributed by atoms with Crippen LogP contribution in [0.2, 0.25) is 0 Å². The van der Waals surface area contributed by atoms with Crippen LogP contribution in [0.5, 0.6) is 0 Å². The highest BCUT2D eigenvalue weighted by molar-refractivity contribution is 7.88. The third-order valence-corrected chi connectivity index (χ3v) is 2.86. The minimum Gasteiger partial charge on any atom is -0.480 e. The molecular formula is C10H20N2O5S. The fourth-order valence-corrected chi connectivity index (χ4v) is 2.20. The van der Waals surface area contributed by atoms with Crippen LogP contribution in [0.25, 0.3) is 0 Å². The molecule has 0 heterocycles. The first kappa shape index (κ1) is 16.9. The lowest BCUT2D eigenvalue weighted by Gasteiger charge is -2.32. The van der Waals surface area contributed by atoms with Gasteiger partial charge >= 0.3 is 5.97 Å². The molecule has 0 aliphatic rings. The van der Waals surface area contributed by atoms with E-state index in [1.807, 2.05) is 0 Å². The van der Waals surface area contributed by atoms with Crippen LogP contribution in [0, 0.1) is 5.41 Å². The lowest BCUT2D eigenvalue weighted by Crippen LogP contribution is -2.54. The number of amides is 1. The van der Waals surface area contributed by atoms with E-state index in [1.54, 1.807) is 20.8 Å². The van der Waals surface area contributed by atoms with Crippen molar-refractivity contribution in [3.05, 3.63) is 0 Å². The maximum Gasteiger partial charge on any atom is 0.323 e. The summed E-state index contributed by atoms with van der Waals surface area (Å²) in [6.07, 6.45) is 0.955. The Morgan fingerprint density at radius 1 is 1.33 bits per heavy atom. The Labute approximate surface area is 107 Å². The number of rotatable bonds is 5. The molecule has 106 valence electrons. The molecule has 0 spiro atoms. The number of aliphatic carboxylic acids is 1. The van der Waals surface area contributed by atoms with Gasteiger partial charge in [0.1, 0.15) is 12.6 Å². The summed E-state index contributed by atoms with van der Waals surface area (Å²) in [5, 5.41) is 8.62. The Balaban J connectivity index is 5.10. The van der Waals surface area contributed by atoms with Gasteiger partial charge in [-0.1, -0.05) is 20.8 Å². The van der Waals surface area contributed by atoms with Crippen molar-refractivity contribution >= 4 is 21.9 Å². The topological polar surface area (TPSA) is 104 Å². The summed E-state index contributed by atoms with van der Waals surface area (Å²) >= 11 is 0. The molecular weight excluding hydrogens is 260 g/mol. The van der Waals surface area contributed by atoms with Crippen molar-refractivity contribution in [3.63, 3.8) is 0 Å². The quantitative estimate of drug-likeness (QED) is 0.706. The molecule has 1 atom stereocenters. The Morgan fingerprint density at radius 2 is 1.78 bits per heavy atom. The number of hydrogen-bond acceptors (Lipinski definition) is 4. The van der Waals surface area contributed by atoms with Gasteiger partial charge in [0.05, 0.1) is 6.26 Å². The second-order valence-corrected chi connectivity index (χ2v) is 7.06. The van der Waals surface area contributed by atoms with Crippen LogP contribution in [0.4, 0.5) is 0 Å². The number of carbonyl (C=O) groups excluding carboxylic acids is 1. The van der Waals surface area contributed by atoms with Gasteiger partial charge in [0.15, 0.2) is 0 Å². The number of hydrogen-bond donors (Lipinski definition) is 2. The Morgan fingerprint density at radius 3 is 2.06 bits per heavy atom. The van der Waals surface area contributed by atoms with Crippen molar-refractivity contribution in [2.24, 2.45) is 5.41 Å². The SMILES string of the molecule is CN(CC(=O)O)C(=O)C(NS(C)(=O)=O)C(C)(C)C. The Kier molecular flexibility index (Phi) is 5.30. The Hall–Kier alpha value is -1.15. The molecule has 18 heavy (non-hydrogen) atoms. The monoisotopic (exact) mass is 280 g/mol. The first-order valence-electron chi connectivity index (χ1n) is 5.28. The number of carbonyl (C=O) groups is 2. The molecule has 1 unspecified atom stereocenters. The lowest BCUT2D eigenvalue weighted by atomic mass is 9.86. The molecule has 0 saturated carbocycles. The van der Waals surface area contributed by atoms with Crippen LogP contribution in [0.1, 0.15) is 20.8 Å². The summed E-state index contributed by atoms with van der Waals surface area (Å²) < 4.78 is 24.7. The number of nitrogens with one attached hydrogen (secondary N) is 1. The second-order valence-electron chi connectivity index (χ2n) is 5.28. The molecule has 8 heteroatoms. The van der Waals surface area contributed by atoms with Crippen molar-refractivity contribution in [1.82, 2.24) is 9.62 Å².